The van der Waals surface area contributed by atoms with Crippen molar-refractivity contribution in [1.29, 1.82) is 0 Å². The van der Waals surface area contributed by atoms with Gasteiger partial charge >= 0.3 is 6.18 Å². The predicted molar refractivity (Wildman–Crippen MR) is 84.3 cm³/mol. The molecule has 0 heterocycles. The third-order valence-electron chi connectivity index (χ3n) is 3.01. The lowest BCUT2D eigenvalue weighted by Gasteiger charge is -2.13. The minimum absolute atomic E-state index is 0.0981. The van der Waals surface area contributed by atoms with Crippen LogP contribution in [0.2, 0.25) is 5.02 Å². The zero-order valence-corrected chi connectivity index (χ0v) is 13.6. The molecule has 21 heavy (non-hydrogen) atoms. The lowest BCUT2D eigenvalue weighted by Crippen LogP contribution is -2.07. The summed E-state index contributed by atoms with van der Waals surface area (Å²) in [4.78, 5) is 0. The molecule has 0 radical (unpaired) electrons. The van der Waals surface area contributed by atoms with Gasteiger partial charge in [0.15, 0.2) is 0 Å². The maximum absolute atomic E-state index is 12.6. The van der Waals surface area contributed by atoms with E-state index >= 15 is 0 Å². The molecule has 0 aliphatic heterocycles. The smallest absolute Gasteiger partial charge is 0.388 e. The fraction of sp³-hybridized carbons (Fsp3) is 0.200. The van der Waals surface area contributed by atoms with E-state index in [0.717, 1.165) is 15.7 Å². The van der Waals surface area contributed by atoms with Crippen LogP contribution in [0.1, 0.15) is 22.8 Å². The lowest BCUT2D eigenvalue weighted by atomic mass is 10.00. The molecule has 0 spiro atoms. The summed E-state index contributed by atoms with van der Waals surface area (Å²) in [6.45, 7) is 0. The number of benzene rings is 2. The lowest BCUT2D eigenvalue weighted by molar-refractivity contribution is -0.137. The molecule has 0 saturated heterocycles. The molecule has 1 nitrogen and oxygen atoms in total. The molecule has 0 aromatic heterocycles. The van der Waals surface area contributed by atoms with Crippen molar-refractivity contribution < 1.29 is 18.3 Å². The van der Waals surface area contributed by atoms with Crippen molar-refractivity contribution in [3.05, 3.63) is 67.7 Å². The van der Waals surface area contributed by atoms with Crippen LogP contribution in [0.15, 0.2) is 42.5 Å². The van der Waals surface area contributed by atoms with Crippen LogP contribution in [0.25, 0.3) is 0 Å². The van der Waals surface area contributed by atoms with Gasteiger partial charge in [-0.15, -0.1) is 0 Å². The second-order valence-electron chi connectivity index (χ2n) is 4.59. The van der Waals surface area contributed by atoms with E-state index < -0.39 is 17.8 Å². The first-order chi connectivity index (χ1) is 9.77. The zero-order chi connectivity index (χ0) is 15.6. The number of hydrogen-bond acceptors (Lipinski definition) is 1. The Bertz CT molecular complexity index is 643. The molecular weight excluding hydrogens is 416 g/mol. The van der Waals surface area contributed by atoms with Gasteiger partial charge in [0.1, 0.15) is 0 Å². The predicted octanol–water partition coefficient (Wildman–Crippen LogP) is 5.24. The van der Waals surface area contributed by atoms with Crippen LogP contribution in [0.5, 0.6) is 0 Å². The van der Waals surface area contributed by atoms with Gasteiger partial charge in [-0.3, -0.25) is 0 Å². The van der Waals surface area contributed by atoms with Gasteiger partial charge in [0, 0.05) is 9.99 Å². The van der Waals surface area contributed by atoms with Gasteiger partial charge in [0.25, 0.3) is 0 Å². The van der Waals surface area contributed by atoms with Crippen LogP contribution < -0.4 is 0 Å². The van der Waals surface area contributed by atoms with Crippen molar-refractivity contribution in [3.8, 4) is 0 Å². The molecule has 0 aliphatic carbocycles. The Kier molecular flexibility index (Phi) is 5.16. The average molecular weight is 427 g/mol. The average Bonchev–Trinajstić information content (AvgIpc) is 2.41. The maximum atomic E-state index is 12.6. The van der Waals surface area contributed by atoms with E-state index in [1.807, 2.05) is 0 Å². The second-order valence-corrected chi connectivity index (χ2v) is 6.16. The molecule has 2 aromatic carbocycles. The largest absolute Gasteiger partial charge is 0.416 e. The van der Waals surface area contributed by atoms with Crippen LogP contribution in [0.3, 0.4) is 0 Å². The topological polar surface area (TPSA) is 20.2 Å². The number of hydrogen-bond donors (Lipinski definition) is 1. The molecule has 0 aliphatic rings. The highest BCUT2D eigenvalue weighted by atomic mass is 127. The van der Waals surface area contributed by atoms with Crippen LogP contribution in [-0.2, 0) is 12.6 Å². The van der Waals surface area contributed by atoms with Crippen molar-refractivity contribution in [1.82, 2.24) is 0 Å². The highest BCUT2D eigenvalue weighted by Crippen LogP contribution is 2.31. The van der Waals surface area contributed by atoms with E-state index in [-0.39, 0.29) is 6.42 Å². The second kappa shape index (κ2) is 6.54. The standard InChI is InChI=1S/C15H11ClF3IO/c16-12-8-10(4-5-13(12)20)14(21)7-9-2-1-3-11(6-9)15(17,18)19/h1-6,8,14,21H,7H2. The first-order valence-corrected chi connectivity index (χ1v) is 7.52. The highest BCUT2D eigenvalue weighted by Gasteiger charge is 2.30. The van der Waals surface area contributed by atoms with E-state index in [0.29, 0.717) is 16.1 Å². The van der Waals surface area contributed by atoms with Gasteiger partial charge in [-0.05, 0) is 51.9 Å². The molecule has 6 heteroatoms. The summed E-state index contributed by atoms with van der Waals surface area (Å²) in [6.07, 6.45) is -5.18. The van der Waals surface area contributed by atoms with Gasteiger partial charge in [0.05, 0.1) is 16.7 Å². The molecule has 1 N–H and O–H groups in total. The van der Waals surface area contributed by atoms with Gasteiger partial charge in [0.2, 0.25) is 0 Å². The fourth-order valence-electron chi connectivity index (χ4n) is 1.94. The summed E-state index contributed by atoms with van der Waals surface area (Å²) in [7, 11) is 0. The summed E-state index contributed by atoms with van der Waals surface area (Å²) in [5, 5.41) is 10.7. The monoisotopic (exact) mass is 426 g/mol. The van der Waals surface area contributed by atoms with E-state index in [1.54, 1.807) is 24.3 Å². The number of aliphatic hydroxyl groups excluding tert-OH is 1. The van der Waals surface area contributed by atoms with Crippen LogP contribution >= 0.6 is 34.2 Å². The first-order valence-electron chi connectivity index (χ1n) is 6.06. The van der Waals surface area contributed by atoms with Crippen molar-refractivity contribution in [2.75, 3.05) is 0 Å². The Labute approximate surface area is 138 Å². The van der Waals surface area contributed by atoms with Gasteiger partial charge in [-0.25, -0.2) is 0 Å². The number of alkyl halides is 3. The highest BCUT2D eigenvalue weighted by molar-refractivity contribution is 14.1. The molecule has 0 bridgehead atoms. The van der Waals surface area contributed by atoms with E-state index in [2.05, 4.69) is 22.6 Å². The quantitative estimate of drug-likeness (QED) is 0.666. The molecule has 2 rings (SSSR count). The van der Waals surface area contributed by atoms with Gasteiger partial charge in [-0.2, -0.15) is 13.2 Å². The molecule has 2 aromatic rings. The Hall–Kier alpha value is -0.790. The molecule has 112 valence electrons. The Balaban J connectivity index is 2.19. The summed E-state index contributed by atoms with van der Waals surface area (Å²) in [5.74, 6) is 0. The number of rotatable bonds is 3. The summed E-state index contributed by atoms with van der Waals surface area (Å²) in [6, 6.07) is 10.1. The Morgan fingerprint density at radius 2 is 1.86 bits per heavy atom. The van der Waals surface area contributed by atoms with Crippen LogP contribution in [0, 0.1) is 3.57 Å². The van der Waals surface area contributed by atoms with E-state index in [4.69, 9.17) is 11.6 Å². The van der Waals surface area contributed by atoms with E-state index in [1.165, 1.54) is 6.07 Å². The number of halogens is 5. The minimum Gasteiger partial charge on any atom is -0.388 e. The SMILES string of the molecule is OC(Cc1cccc(C(F)(F)F)c1)c1ccc(I)c(Cl)c1. The molecule has 0 saturated carbocycles. The Morgan fingerprint density at radius 1 is 1.14 bits per heavy atom. The summed E-state index contributed by atoms with van der Waals surface area (Å²) >= 11 is 8.04. The zero-order valence-electron chi connectivity index (χ0n) is 10.7. The molecule has 1 unspecified atom stereocenters. The normalized spacial score (nSPS) is 13.2. The molecule has 1 atom stereocenters. The summed E-state index contributed by atoms with van der Waals surface area (Å²) in [5.41, 5.74) is 0.290. The first kappa shape index (κ1) is 16.6. The van der Waals surface area contributed by atoms with Crippen molar-refractivity contribution in [2.45, 2.75) is 18.7 Å². The van der Waals surface area contributed by atoms with Gasteiger partial charge in [-0.1, -0.05) is 35.9 Å². The Morgan fingerprint density at radius 3 is 2.48 bits per heavy atom. The number of aliphatic hydroxyl groups is 1. The fourth-order valence-corrected chi connectivity index (χ4v) is 2.46. The van der Waals surface area contributed by atoms with Crippen molar-refractivity contribution in [2.24, 2.45) is 0 Å². The van der Waals surface area contributed by atoms with Crippen LogP contribution in [0.4, 0.5) is 13.2 Å². The van der Waals surface area contributed by atoms with Crippen molar-refractivity contribution in [3.63, 3.8) is 0 Å². The maximum Gasteiger partial charge on any atom is 0.416 e. The molecular formula is C15H11ClF3IO. The van der Waals surface area contributed by atoms with E-state index in [9.17, 15) is 18.3 Å². The third-order valence-corrected chi connectivity index (χ3v) is 4.58. The molecule has 0 fully saturated rings. The van der Waals surface area contributed by atoms with Crippen molar-refractivity contribution >= 4 is 34.2 Å². The third kappa shape index (κ3) is 4.34. The minimum atomic E-state index is -4.38. The molecule has 0 amide bonds. The summed E-state index contributed by atoms with van der Waals surface area (Å²) < 4.78 is 38.8. The van der Waals surface area contributed by atoms with Gasteiger partial charge < -0.3 is 5.11 Å². The van der Waals surface area contributed by atoms with Crippen LogP contribution in [-0.4, -0.2) is 5.11 Å².